The third kappa shape index (κ3) is 5.59. The van der Waals surface area contributed by atoms with Crippen molar-refractivity contribution in [1.29, 1.82) is 0 Å². The van der Waals surface area contributed by atoms with Gasteiger partial charge in [-0.1, -0.05) is 0 Å². The zero-order chi connectivity index (χ0) is 23.8. The van der Waals surface area contributed by atoms with Gasteiger partial charge in [-0.05, 0) is 57.8 Å². The number of aliphatic hydroxyl groups is 1. The molecule has 2 bridgehead atoms. The zero-order valence-electron chi connectivity index (χ0n) is 18.4. The molecule has 33 heavy (non-hydrogen) atoms. The molecule has 1 heterocycles. The highest BCUT2D eigenvalue weighted by Crippen LogP contribution is 2.47. The van der Waals surface area contributed by atoms with E-state index in [4.69, 9.17) is 16.3 Å². The minimum Gasteiger partial charge on any atom is -0.391 e. The van der Waals surface area contributed by atoms with Gasteiger partial charge in [0.05, 0.1) is 33.6 Å². The largest absolute Gasteiger partial charge is 0.391 e. The first kappa shape index (κ1) is 25.4. The van der Waals surface area contributed by atoms with Gasteiger partial charge in [0.25, 0.3) is 0 Å². The Bertz CT molecular complexity index is 740. The summed E-state index contributed by atoms with van der Waals surface area (Å²) in [6.45, 7) is -0.203. The molecule has 6 unspecified atom stereocenters. The number of thioether (sulfide) groups is 1. The second kappa shape index (κ2) is 10.1. The van der Waals surface area contributed by atoms with E-state index in [1.807, 2.05) is 0 Å². The summed E-state index contributed by atoms with van der Waals surface area (Å²) in [4.78, 5) is 25.3. The Labute approximate surface area is 201 Å². The van der Waals surface area contributed by atoms with Crippen LogP contribution in [0.4, 0.5) is 13.2 Å². The Morgan fingerprint density at radius 2 is 1.85 bits per heavy atom. The second-order valence-electron chi connectivity index (χ2n) is 10.0. The quantitative estimate of drug-likeness (QED) is 0.456. The summed E-state index contributed by atoms with van der Waals surface area (Å²) >= 11 is 6.92. The molecule has 6 atom stereocenters. The van der Waals surface area contributed by atoms with Crippen molar-refractivity contribution in [3.8, 4) is 0 Å². The van der Waals surface area contributed by atoms with Gasteiger partial charge in [0.15, 0.2) is 0 Å². The van der Waals surface area contributed by atoms with Crippen LogP contribution in [-0.2, 0) is 14.3 Å². The van der Waals surface area contributed by atoms with Gasteiger partial charge in [-0.15, -0.1) is 23.4 Å². The summed E-state index contributed by atoms with van der Waals surface area (Å²) in [5, 5.41) is 15.1. The summed E-state index contributed by atoms with van der Waals surface area (Å²) in [6.07, 6.45) is -0.215. The second-order valence-corrected chi connectivity index (χ2v) is 12.1. The van der Waals surface area contributed by atoms with E-state index in [0.717, 1.165) is 11.8 Å². The van der Waals surface area contributed by atoms with Gasteiger partial charge in [0.1, 0.15) is 12.8 Å². The highest BCUT2D eigenvalue weighted by atomic mass is 35.5. The van der Waals surface area contributed by atoms with E-state index in [9.17, 15) is 27.9 Å². The van der Waals surface area contributed by atoms with E-state index in [0.29, 0.717) is 57.8 Å². The highest BCUT2D eigenvalue weighted by Gasteiger charge is 2.55. The Morgan fingerprint density at radius 3 is 2.45 bits per heavy atom. The molecule has 0 aromatic rings. The maximum atomic E-state index is 13.8. The molecule has 5 fully saturated rings. The average molecular weight is 513 g/mol. The van der Waals surface area contributed by atoms with Crippen LogP contribution in [0.15, 0.2) is 0 Å². The van der Waals surface area contributed by atoms with Gasteiger partial charge >= 0.3 is 0 Å². The predicted octanol–water partition coefficient (Wildman–Crippen LogP) is 3.08. The van der Waals surface area contributed by atoms with E-state index in [-0.39, 0.29) is 30.9 Å². The first-order chi connectivity index (χ1) is 15.6. The van der Waals surface area contributed by atoms with E-state index in [2.05, 4.69) is 10.6 Å². The van der Waals surface area contributed by atoms with Crippen LogP contribution >= 0.6 is 23.4 Å². The maximum Gasteiger partial charge on any atom is 0.250 e. The summed E-state index contributed by atoms with van der Waals surface area (Å²) in [7, 11) is 0. The molecule has 4 saturated carbocycles. The molecule has 0 spiro atoms. The van der Waals surface area contributed by atoms with Crippen molar-refractivity contribution in [3.05, 3.63) is 0 Å². The number of rotatable bonds is 7. The number of carbonyl (C=O) groups excluding carboxylic acids is 2. The Hall–Kier alpha value is -0.710. The SMILES string of the molecule is O=C(COC1CCC(Cl)C(F)C1)NC12CCC(NC(=O)C3CCC(C(F)F)S3)(CC1)CC2O. The molecule has 4 aliphatic carbocycles. The minimum atomic E-state index is -2.43. The molecular weight excluding hydrogens is 481 g/mol. The number of nitrogens with one attached hydrogen (secondary N) is 2. The number of fused-ring (bicyclic) bond motifs is 3. The molecule has 11 heteroatoms. The van der Waals surface area contributed by atoms with Gasteiger partial charge in [-0.2, -0.15) is 0 Å². The molecule has 6 nitrogen and oxygen atoms in total. The lowest BCUT2D eigenvalue weighted by molar-refractivity contribution is -0.140. The van der Waals surface area contributed by atoms with E-state index < -0.39 is 45.7 Å². The van der Waals surface area contributed by atoms with Gasteiger partial charge in [-0.3, -0.25) is 9.59 Å². The number of carbonyl (C=O) groups is 2. The van der Waals surface area contributed by atoms with Crippen LogP contribution in [-0.4, -0.2) is 75.3 Å². The topological polar surface area (TPSA) is 87.7 Å². The standard InChI is InChI=1S/C22H32ClF3N2O4S/c23-13-2-1-12(9-14(13)24)32-11-18(30)27-22-7-5-21(6-8-22,10-17(22)29)28-20(31)16-4-3-15(33-16)19(25)26/h12-17,19,29H,1-11H2,(H,27,30)(H,28,31). The molecule has 0 aromatic carbocycles. The molecule has 1 aliphatic heterocycles. The number of amides is 2. The fraction of sp³-hybridized carbons (Fsp3) is 0.909. The van der Waals surface area contributed by atoms with E-state index >= 15 is 0 Å². The molecule has 2 amide bonds. The van der Waals surface area contributed by atoms with E-state index in [1.165, 1.54) is 0 Å². The zero-order valence-corrected chi connectivity index (χ0v) is 20.0. The van der Waals surface area contributed by atoms with Gasteiger partial charge in [0, 0.05) is 12.0 Å². The number of halogens is 4. The Balaban J connectivity index is 1.26. The monoisotopic (exact) mass is 512 g/mol. The van der Waals surface area contributed by atoms with Crippen LogP contribution in [0.3, 0.4) is 0 Å². The fourth-order valence-electron chi connectivity index (χ4n) is 5.75. The number of alkyl halides is 4. The smallest absolute Gasteiger partial charge is 0.250 e. The molecule has 5 aliphatic rings. The third-order valence-electron chi connectivity index (χ3n) is 7.82. The highest BCUT2D eigenvalue weighted by molar-refractivity contribution is 8.01. The molecule has 5 rings (SSSR count). The van der Waals surface area contributed by atoms with Crippen molar-refractivity contribution in [2.45, 2.75) is 116 Å². The summed E-state index contributed by atoms with van der Waals surface area (Å²) in [5.41, 5.74) is -1.34. The average Bonchev–Trinajstić information content (AvgIpc) is 3.27. The van der Waals surface area contributed by atoms with Crippen LogP contribution in [0.25, 0.3) is 0 Å². The lowest BCUT2D eigenvalue weighted by atomic mass is 9.60. The van der Waals surface area contributed by atoms with Crippen molar-refractivity contribution in [1.82, 2.24) is 10.6 Å². The maximum absolute atomic E-state index is 13.8. The van der Waals surface area contributed by atoms with Crippen LogP contribution in [0.2, 0.25) is 0 Å². The predicted molar refractivity (Wildman–Crippen MR) is 119 cm³/mol. The van der Waals surface area contributed by atoms with Crippen molar-refractivity contribution in [2.24, 2.45) is 0 Å². The van der Waals surface area contributed by atoms with Crippen molar-refractivity contribution >= 4 is 35.2 Å². The lowest BCUT2D eigenvalue weighted by Gasteiger charge is -2.56. The van der Waals surface area contributed by atoms with Gasteiger partial charge in [0.2, 0.25) is 18.2 Å². The molecule has 0 radical (unpaired) electrons. The Kier molecular flexibility index (Phi) is 7.78. The minimum absolute atomic E-state index is 0.175. The molecule has 0 aromatic heterocycles. The summed E-state index contributed by atoms with van der Waals surface area (Å²) < 4.78 is 45.2. The van der Waals surface area contributed by atoms with Crippen LogP contribution in [0.1, 0.15) is 64.2 Å². The summed E-state index contributed by atoms with van der Waals surface area (Å²) in [6, 6.07) is 0. The Morgan fingerprint density at radius 1 is 1.12 bits per heavy atom. The molecular formula is C22H32ClF3N2O4S. The number of hydrogen-bond acceptors (Lipinski definition) is 5. The van der Waals surface area contributed by atoms with E-state index in [1.54, 1.807) is 0 Å². The van der Waals surface area contributed by atoms with Gasteiger partial charge in [-0.25, -0.2) is 13.2 Å². The molecule has 188 valence electrons. The van der Waals surface area contributed by atoms with Crippen molar-refractivity contribution in [3.63, 3.8) is 0 Å². The van der Waals surface area contributed by atoms with Crippen LogP contribution in [0.5, 0.6) is 0 Å². The number of aliphatic hydroxyl groups excluding tert-OH is 1. The first-order valence-corrected chi connectivity index (χ1v) is 13.1. The first-order valence-electron chi connectivity index (χ1n) is 11.8. The van der Waals surface area contributed by atoms with Crippen molar-refractivity contribution < 1.29 is 32.6 Å². The third-order valence-corrected chi connectivity index (χ3v) is 9.88. The molecule has 1 saturated heterocycles. The normalized spacial score (nSPS) is 43.0. The lowest BCUT2D eigenvalue weighted by Crippen LogP contribution is -2.70. The van der Waals surface area contributed by atoms with Crippen LogP contribution < -0.4 is 10.6 Å². The molecule has 3 N–H and O–H groups in total. The van der Waals surface area contributed by atoms with Crippen molar-refractivity contribution in [2.75, 3.05) is 6.61 Å². The fourth-order valence-corrected chi connectivity index (χ4v) is 7.24. The van der Waals surface area contributed by atoms with Crippen LogP contribution in [0, 0.1) is 0 Å². The number of ether oxygens (including phenoxy) is 1. The summed E-state index contributed by atoms with van der Waals surface area (Å²) in [5.74, 6) is -0.587. The number of hydrogen-bond donors (Lipinski definition) is 3. The van der Waals surface area contributed by atoms with Gasteiger partial charge < -0.3 is 20.5 Å².